The van der Waals surface area contributed by atoms with Crippen molar-refractivity contribution in [3.63, 3.8) is 0 Å². The highest BCUT2D eigenvalue weighted by Gasteiger charge is 2.30. The van der Waals surface area contributed by atoms with E-state index in [0.29, 0.717) is 17.2 Å². The molecule has 0 unspecified atom stereocenters. The largest absolute Gasteiger partial charge is 0.416 e. The lowest BCUT2D eigenvalue weighted by atomic mass is 10.1. The molecule has 4 nitrogen and oxygen atoms in total. The number of hydrogen-bond acceptors (Lipinski definition) is 2. The standard InChI is InChI=1S/C21H21F3N4S/c1-14-19(26-20(29)25-12-16-7-4-3-5-8-16)15(2)28(27-14)13-17-9-6-10-18(11-17)21(22,23)24/h3-11H,12-13H2,1-2H3,(H2,25,26,29). The Bertz CT molecular complexity index is 997. The lowest BCUT2D eigenvalue weighted by Crippen LogP contribution is -2.28. The van der Waals surface area contributed by atoms with Gasteiger partial charge >= 0.3 is 6.18 Å². The van der Waals surface area contributed by atoms with Crippen LogP contribution in [0.4, 0.5) is 18.9 Å². The maximum atomic E-state index is 12.9. The number of nitrogens with one attached hydrogen (secondary N) is 2. The maximum absolute atomic E-state index is 12.9. The molecule has 0 fully saturated rings. The Labute approximate surface area is 172 Å². The number of rotatable bonds is 5. The number of aryl methyl sites for hydroxylation is 1. The predicted octanol–water partition coefficient (Wildman–Crippen LogP) is 5.05. The second kappa shape index (κ2) is 8.65. The molecule has 2 N–H and O–H groups in total. The number of hydrogen-bond donors (Lipinski definition) is 2. The molecule has 0 radical (unpaired) electrons. The fourth-order valence-electron chi connectivity index (χ4n) is 2.99. The molecule has 0 bridgehead atoms. The van der Waals surface area contributed by atoms with Gasteiger partial charge < -0.3 is 10.6 Å². The van der Waals surface area contributed by atoms with E-state index in [-0.39, 0.29) is 6.54 Å². The summed E-state index contributed by atoms with van der Waals surface area (Å²) in [5.74, 6) is 0. The fraction of sp³-hybridized carbons (Fsp3) is 0.238. The van der Waals surface area contributed by atoms with Crippen LogP contribution < -0.4 is 10.6 Å². The topological polar surface area (TPSA) is 41.9 Å². The van der Waals surface area contributed by atoms with Crippen LogP contribution in [0.15, 0.2) is 54.6 Å². The summed E-state index contributed by atoms with van der Waals surface area (Å²) in [6.45, 7) is 4.51. The first-order valence-corrected chi connectivity index (χ1v) is 9.44. The Hall–Kier alpha value is -2.87. The van der Waals surface area contributed by atoms with Crippen LogP contribution >= 0.6 is 12.2 Å². The van der Waals surface area contributed by atoms with Gasteiger partial charge in [-0.3, -0.25) is 4.68 Å². The zero-order chi connectivity index (χ0) is 21.0. The van der Waals surface area contributed by atoms with Crippen molar-refractivity contribution in [2.24, 2.45) is 0 Å². The lowest BCUT2D eigenvalue weighted by Gasteiger charge is -2.12. The van der Waals surface area contributed by atoms with Crippen molar-refractivity contribution in [2.45, 2.75) is 33.1 Å². The Morgan fingerprint density at radius 1 is 1.03 bits per heavy atom. The van der Waals surface area contributed by atoms with E-state index < -0.39 is 11.7 Å². The molecule has 1 heterocycles. The van der Waals surface area contributed by atoms with Gasteiger partial charge in [-0.1, -0.05) is 42.5 Å². The SMILES string of the molecule is Cc1nn(Cc2cccc(C(F)(F)F)c2)c(C)c1NC(=S)NCc1ccccc1. The van der Waals surface area contributed by atoms with Gasteiger partial charge in [-0.25, -0.2) is 0 Å². The molecule has 1 aromatic heterocycles. The van der Waals surface area contributed by atoms with E-state index in [1.54, 1.807) is 10.7 Å². The van der Waals surface area contributed by atoms with Gasteiger partial charge in [0.1, 0.15) is 0 Å². The lowest BCUT2D eigenvalue weighted by molar-refractivity contribution is -0.137. The van der Waals surface area contributed by atoms with Gasteiger partial charge in [0, 0.05) is 6.54 Å². The van der Waals surface area contributed by atoms with Gasteiger partial charge in [-0.05, 0) is 49.3 Å². The van der Waals surface area contributed by atoms with Gasteiger partial charge in [0.15, 0.2) is 5.11 Å². The summed E-state index contributed by atoms with van der Waals surface area (Å²) >= 11 is 5.37. The highest BCUT2D eigenvalue weighted by atomic mass is 32.1. The monoisotopic (exact) mass is 418 g/mol. The average molecular weight is 418 g/mol. The summed E-state index contributed by atoms with van der Waals surface area (Å²) in [7, 11) is 0. The molecule has 0 spiro atoms. The number of aromatic nitrogens is 2. The molecule has 3 rings (SSSR count). The Morgan fingerprint density at radius 2 is 1.72 bits per heavy atom. The molecule has 0 aliphatic heterocycles. The number of halogens is 3. The summed E-state index contributed by atoms with van der Waals surface area (Å²) in [6.07, 6.45) is -4.37. The number of benzene rings is 2. The first-order chi connectivity index (χ1) is 13.7. The van der Waals surface area contributed by atoms with Crippen molar-refractivity contribution in [1.82, 2.24) is 15.1 Å². The van der Waals surface area contributed by atoms with E-state index >= 15 is 0 Å². The molecular weight excluding hydrogens is 397 g/mol. The second-order valence-corrected chi connectivity index (χ2v) is 7.10. The minimum atomic E-state index is -4.37. The highest BCUT2D eigenvalue weighted by Crippen LogP contribution is 2.30. The molecule has 2 aromatic carbocycles. The van der Waals surface area contributed by atoms with Gasteiger partial charge in [0.05, 0.1) is 29.2 Å². The Morgan fingerprint density at radius 3 is 2.41 bits per heavy atom. The molecule has 0 atom stereocenters. The van der Waals surface area contributed by atoms with Crippen LogP contribution in [0, 0.1) is 13.8 Å². The summed E-state index contributed by atoms with van der Waals surface area (Å²) in [5, 5.41) is 11.2. The van der Waals surface area contributed by atoms with E-state index in [2.05, 4.69) is 15.7 Å². The van der Waals surface area contributed by atoms with Crippen molar-refractivity contribution >= 4 is 23.0 Å². The molecule has 3 aromatic rings. The zero-order valence-corrected chi connectivity index (χ0v) is 16.9. The van der Waals surface area contributed by atoms with E-state index in [0.717, 1.165) is 34.8 Å². The van der Waals surface area contributed by atoms with E-state index in [9.17, 15) is 13.2 Å². The predicted molar refractivity (Wildman–Crippen MR) is 112 cm³/mol. The molecule has 8 heteroatoms. The zero-order valence-electron chi connectivity index (χ0n) is 16.0. The molecule has 29 heavy (non-hydrogen) atoms. The number of nitrogens with zero attached hydrogens (tertiary/aromatic N) is 2. The van der Waals surface area contributed by atoms with Crippen molar-refractivity contribution in [3.8, 4) is 0 Å². The molecule has 0 aliphatic carbocycles. The molecule has 0 saturated heterocycles. The molecule has 0 saturated carbocycles. The van der Waals surface area contributed by atoms with Gasteiger partial charge in [0.25, 0.3) is 0 Å². The number of thiocarbonyl (C=S) groups is 1. The first kappa shape index (κ1) is 20.9. The van der Waals surface area contributed by atoms with Crippen LogP contribution in [0.1, 0.15) is 28.1 Å². The van der Waals surface area contributed by atoms with E-state index in [4.69, 9.17) is 12.2 Å². The molecule has 152 valence electrons. The van der Waals surface area contributed by atoms with E-state index in [1.807, 2.05) is 44.2 Å². The minimum absolute atomic E-state index is 0.239. The second-order valence-electron chi connectivity index (χ2n) is 6.69. The number of alkyl halides is 3. The number of anilines is 1. The quantitative estimate of drug-likeness (QED) is 0.569. The Balaban J connectivity index is 1.69. The van der Waals surface area contributed by atoms with Gasteiger partial charge in [-0.15, -0.1) is 0 Å². The van der Waals surface area contributed by atoms with Crippen LogP contribution in [-0.2, 0) is 19.3 Å². The maximum Gasteiger partial charge on any atom is 0.416 e. The Kier molecular flexibility index (Phi) is 6.22. The highest BCUT2D eigenvalue weighted by molar-refractivity contribution is 7.80. The van der Waals surface area contributed by atoms with Crippen LogP contribution in [-0.4, -0.2) is 14.9 Å². The van der Waals surface area contributed by atoms with Crippen molar-refractivity contribution < 1.29 is 13.2 Å². The van der Waals surface area contributed by atoms with Crippen LogP contribution in [0.2, 0.25) is 0 Å². The van der Waals surface area contributed by atoms with Crippen molar-refractivity contribution in [1.29, 1.82) is 0 Å². The van der Waals surface area contributed by atoms with Gasteiger partial charge in [-0.2, -0.15) is 18.3 Å². The van der Waals surface area contributed by atoms with Gasteiger partial charge in [0.2, 0.25) is 0 Å². The van der Waals surface area contributed by atoms with Crippen LogP contribution in [0.5, 0.6) is 0 Å². The summed E-state index contributed by atoms with van der Waals surface area (Å²) in [4.78, 5) is 0. The smallest absolute Gasteiger partial charge is 0.358 e. The van der Waals surface area contributed by atoms with Crippen molar-refractivity contribution in [2.75, 3.05) is 5.32 Å². The van der Waals surface area contributed by atoms with Crippen molar-refractivity contribution in [3.05, 3.63) is 82.7 Å². The molecular formula is C21H21F3N4S. The third-order valence-corrected chi connectivity index (χ3v) is 4.75. The van der Waals surface area contributed by atoms with Crippen LogP contribution in [0.3, 0.4) is 0 Å². The average Bonchev–Trinajstić information content (AvgIpc) is 2.94. The third kappa shape index (κ3) is 5.35. The summed E-state index contributed by atoms with van der Waals surface area (Å²) < 4.78 is 40.5. The summed E-state index contributed by atoms with van der Waals surface area (Å²) in [5.41, 5.74) is 3.23. The normalized spacial score (nSPS) is 11.3. The molecule has 0 amide bonds. The minimum Gasteiger partial charge on any atom is -0.358 e. The van der Waals surface area contributed by atoms with E-state index in [1.165, 1.54) is 6.07 Å². The fourth-order valence-corrected chi connectivity index (χ4v) is 3.16. The molecule has 0 aliphatic rings. The first-order valence-electron chi connectivity index (χ1n) is 9.03. The third-order valence-electron chi connectivity index (χ3n) is 4.50. The van der Waals surface area contributed by atoms with Crippen LogP contribution in [0.25, 0.3) is 0 Å². The summed E-state index contributed by atoms with van der Waals surface area (Å²) in [6, 6.07) is 15.1.